The van der Waals surface area contributed by atoms with E-state index in [2.05, 4.69) is 37.3 Å². The smallest absolute Gasteiger partial charge is 0.352 e. The van der Waals surface area contributed by atoms with Crippen molar-refractivity contribution in [2.75, 3.05) is 0 Å². The molecule has 1 atom stereocenters. The Morgan fingerprint density at radius 2 is 1.72 bits per heavy atom. The van der Waals surface area contributed by atoms with Crippen LogP contribution < -0.4 is 4.89 Å². The molecular formula is C31H29NO4. The minimum Gasteiger partial charge on any atom is -0.436 e. The SMILES string of the molecule is CC(=O)OOc1ccc(C)c(CC2CCCC=C2c2nc(-c3ccccc3)c(-c3ccccc3)o2)c1. The Kier molecular flexibility index (Phi) is 6.99. The van der Waals surface area contributed by atoms with Crippen molar-refractivity contribution in [3.63, 3.8) is 0 Å². The van der Waals surface area contributed by atoms with Crippen molar-refractivity contribution >= 4 is 11.5 Å². The Morgan fingerprint density at radius 3 is 2.44 bits per heavy atom. The third kappa shape index (κ3) is 5.25. The van der Waals surface area contributed by atoms with E-state index in [0.29, 0.717) is 11.6 Å². The van der Waals surface area contributed by atoms with Crippen molar-refractivity contribution in [1.29, 1.82) is 0 Å². The zero-order valence-corrected chi connectivity index (χ0v) is 20.6. The van der Waals surface area contributed by atoms with Crippen LogP contribution in [0.15, 0.2) is 89.4 Å². The molecule has 4 aromatic rings. The normalized spacial score (nSPS) is 15.3. The van der Waals surface area contributed by atoms with Crippen molar-refractivity contribution in [3.05, 3.63) is 102 Å². The predicted molar refractivity (Wildman–Crippen MR) is 140 cm³/mol. The van der Waals surface area contributed by atoms with Crippen molar-refractivity contribution < 1.29 is 19.0 Å². The molecule has 5 nitrogen and oxygen atoms in total. The van der Waals surface area contributed by atoms with Crippen LogP contribution in [0.4, 0.5) is 0 Å². The minimum atomic E-state index is -0.484. The number of aromatic nitrogens is 1. The first-order chi connectivity index (χ1) is 17.6. The Balaban J connectivity index is 1.49. The van der Waals surface area contributed by atoms with Gasteiger partial charge in [0, 0.05) is 23.6 Å². The molecule has 1 unspecified atom stereocenters. The molecule has 1 heterocycles. The maximum atomic E-state index is 11.1. The highest BCUT2D eigenvalue weighted by Crippen LogP contribution is 2.40. The molecule has 0 amide bonds. The number of hydrogen-bond acceptors (Lipinski definition) is 5. The number of carbonyl (C=O) groups excluding carboxylic acids is 1. The molecule has 0 saturated heterocycles. The topological polar surface area (TPSA) is 61.6 Å². The molecule has 0 fully saturated rings. The first-order valence-corrected chi connectivity index (χ1v) is 12.3. The van der Waals surface area contributed by atoms with Gasteiger partial charge in [0.15, 0.2) is 11.5 Å². The van der Waals surface area contributed by atoms with E-state index in [-0.39, 0.29) is 5.92 Å². The summed E-state index contributed by atoms with van der Waals surface area (Å²) in [6, 6.07) is 26.1. The van der Waals surface area contributed by atoms with E-state index in [1.165, 1.54) is 6.92 Å². The van der Waals surface area contributed by atoms with Crippen molar-refractivity contribution in [2.24, 2.45) is 5.92 Å². The molecule has 182 valence electrons. The van der Waals surface area contributed by atoms with Crippen molar-refractivity contribution in [2.45, 2.75) is 39.5 Å². The maximum Gasteiger partial charge on any atom is 0.352 e. The van der Waals surface area contributed by atoms with Crippen LogP contribution >= 0.6 is 0 Å². The Bertz CT molecular complexity index is 1320. The fourth-order valence-electron chi connectivity index (χ4n) is 4.73. The number of oxazole rings is 1. The molecule has 0 radical (unpaired) electrons. The molecule has 3 aromatic carbocycles. The van der Waals surface area contributed by atoms with Gasteiger partial charge in [0.05, 0.1) is 0 Å². The lowest BCUT2D eigenvalue weighted by Gasteiger charge is -2.23. The predicted octanol–water partition coefficient (Wildman–Crippen LogP) is 7.60. The summed E-state index contributed by atoms with van der Waals surface area (Å²) in [5.41, 5.74) is 6.36. The average molecular weight is 480 g/mol. The third-order valence-corrected chi connectivity index (χ3v) is 6.56. The quantitative estimate of drug-likeness (QED) is 0.202. The van der Waals surface area contributed by atoms with Gasteiger partial charge in [-0.25, -0.2) is 9.78 Å². The summed E-state index contributed by atoms with van der Waals surface area (Å²) in [4.78, 5) is 26.1. The van der Waals surface area contributed by atoms with Gasteiger partial charge in [-0.1, -0.05) is 72.8 Å². The first-order valence-electron chi connectivity index (χ1n) is 12.3. The lowest BCUT2D eigenvalue weighted by molar-refractivity contribution is -0.210. The fraction of sp³-hybridized carbons (Fsp3) is 0.226. The summed E-state index contributed by atoms with van der Waals surface area (Å²) in [5, 5.41) is 0. The van der Waals surface area contributed by atoms with Crippen molar-refractivity contribution in [3.8, 4) is 28.3 Å². The molecule has 0 aliphatic heterocycles. The van der Waals surface area contributed by atoms with Crippen LogP contribution in [0.5, 0.6) is 5.75 Å². The van der Waals surface area contributed by atoms with Crippen LogP contribution in [-0.2, 0) is 16.1 Å². The van der Waals surface area contributed by atoms with Crippen LogP contribution in [0.3, 0.4) is 0 Å². The second-order valence-corrected chi connectivity index (χ2v) is 9.17. The summed E-state index contributed by atoms with van der Waals surface area (Å²) in [7, 11) is 0. The van der Waals surface area contributed by atoms with Crippen molar-refractivity contribution in [1.82, 2.24) is 4.98 Å². The number of nitrogens with zero attached hydrogens (tertiary/aromatic N) is 1. The van der Waals surface area contributed by atoms with Crippen LogP contribution in [0.2, 0.25) is 0 Å². The molecule has 36 heavy (non-hydrogen) atoms. The van der Waals surface area contributed by atoms with Gasteiger partial charge in [-0.05, 0) is 61.8 Å². The number of rotatable bonds is 7. The molecule has 5 heteroatoms. The highest BCUT2D eigenvalue weighted by atomic mass is 17.2. The van der Waals surface area contributed by atoms with Crippen LogP contribution in [-0.4, -0.2) is 11.0 Å². The molecule has 1 aliphatic carbocycles. The summed E-state index contributed by atoms with van der Waals surface area (Å²) in [6.45, 7) is 3.40. The molecular weight excluding hydrogens is 450 g/mol. The van der Waals surface area contributed by atoms with Gasteiger partial charge in [0.25, 0.3) is 0 Å². The van der Waals surface area contributed by atoms with Gasteiger partial charge in [-0.3, -0.25) is 9.78 Å². The van der Waals surface area contributed by atoms with Gasteiger partial charge < -0.3 is 4.42 Å². The number of benzene rings is 3. The second-order valence-electron chi connectivity index (χ2n) is 9.17. The van der Waals surface area contributed by atoms with E-state index < -0.39 is 5.97 Å². The van der Waals surface area contributed by atoms with E-state index in [0.717, 1.165) is 65.0 Å². The van der Waals surface area contributed by atoms with Gasteiger partial charge in [0.2, 0.25) is 5.89 Å². The lowest BCUT2D eigenvalue weighted by atomic mass is 9.82. The number of hydrogen-bond donors (Lipinski definition) is 0. The molecule has 1 aromatic heterocycles. The van der Waals surface area contributed by atoms with Gasteiger partial charge in [-0.15, -0.1) is 0 Å². The molecule has 0 spiro atoms. The zero-order valence-electron chi connectivity index (χ0n) is 20.6. The average Bonchev–Trinajstić information content (AvgIpc) is 3.36. The summed E-state index contributed by atoms with van der Waals surface area (Å²) >= 11 is 0. The highest BCUT2D eigenvalue weighted by molar-refractivity contribution is 5.79. The van der Waals surface area contributed by atoms with E-state index in [1.807, 2.05) is 54.6 Å². The Morgan fingerprint density at radius 1 is 1.00 bits per heavy atom. The molecule has 0 saturated carbocycles. The largest absolute Gasteiger partial charge is 0.436 e. The van der Waals surface area contributed by atoms with Gasteiger partial charge >= 0.3 is 5.97 Å². The van der Waals surface area contributed by atoms with Gasteiger partial charge in [-0.2, -0.15) is 0 Å². The number of aryl methyl sites for hydroxylation is 1. The maximum absolute atomic E-state index is 11.1. The first kappa shape index (κ1) is 23.6. The number of carbonyl (C=O) groups is 1. The monoisotopic (exact) mass is 479 g/mol. The minimum absolute atomic E-state index is 0.257. The molecule has 0 N–H and O–H groups in total. The van der Waals surface area contributed by atoms with E-state index in [1.54, 1.807) is 0 Å². The lowest BCUT2D eigenvalue weighted by Crippen LogP contribution is -2.12. The Labute approximate surface area is 211 Å². The van der Waals surface area contributed by atoms with Gasteiger partial charge in [0.1, 0.15) is 5.69 Å². The third-order valence-electron chi connectivity index (χ3n) is 6.56. The molecule has 0 bridgehead atoms. The molecule has 1 aliphatic rings. The fourth-order valence-corrected chi connectivity index (χ4v) is 4.73. The van der Waals surface area contributed by atoms with Crippen LogP contribution in [0.25, 0.3) is 28.2 Å². The summed E-state index contributed by atoms with van der Waals surface area (Å²) in [5.74, 6) is 1.76. The summed E-state index contributed by atoms with van der Waals surface area (Å²) in [6.07, 6.45) is 6.26. The zero-order chi connectivity index (χ0) is 24.9. The standard InChI is InChI=1S/C31H29NO4/c1-21-17-18-27(36-35-22(2)33)20-26(21)19-25-15-9-10-16-28(25)31-32-29(23-11-5-3-6-12-23)30(34-31)24-13-7-4-8-14-24/h3-8,11-14,16-18,20,25H,9-10,15,19H2,1-2H3. The van der Waals surface area contributed by atoms with E-state index in [9.17, 15) is 4.79 Å². The van der Waals surface area contributed by atoms with Crippen LogP contribution in [0, 0.1) is 12.8 Å². The highest BCUT2D eigenvalue weighted by Gasteiger charge is 2.26. The number of allylic oxidation sites excluding steroid dienone is 2. The summed E-state index contributed by atoms with van der Waals surface area (Å²) < 4.78 is 6.52. The van der Waals surface area contributed by atoms with E-state index in [4.69, 9.17) is 19.2 Å². The second kappa shape index (κ2) is 10.6. The van der Waals surface area contributed by atoms with Crippen LogP contribution in [0.1, 0.15) is 43.2 Å². The Hall–Kier alpha value is -4.12. The molecule has 5 rings (SSSR count). The van der Waals surface area contributed by atoms with E-state index >= 15 is 0 Å².